The Kier molecular flexibility index (Phi) is 5.87. The molecule has 1 N–H and O–H groups in total. The van der Waals surface area contributed by atoms with Gasteiger partial charge in [0.25, 0.3) is 0 Å². The minimum absolute atomic E-state index is 0.101. The van der Waals surface area contributed by atoms with Gasteiger partial charge in [-0.3, -0.25) is 0 Å². The van der Waals surface area contributed by atoms with Crippen LogP contribution in [0.5, 0.6) is 11.5 Å². The highest BCUT2D eigenvalue weighted by Gasteiger charge is 2.39. The molecular formula is C18H30O3Si. The maximum atomic E-state index is 10.5. The van der Waals surface area contributed by atoms with Crippen molar-refractivity contribution in [3.8, 4) is 11.5 Å². The molecule has 0 radical (unpaired) electrons. The number of rotatable bonds is 6. The molecule has 0 spiro atoms. The summed E-state index contributed by atoms with van der Waals surface area (Å²) in [5.41, 5.74) is 1.71. The van der Waals surface area contributed by atoms with E-state index in [0.717, 1.165) is 22.6 Å². The third kappa shape index (κ3) is 4.62. The van der Waals surface area contributed by atoms with Gasteiger partial charge in [0.2, 0.25) is 8.32 Å². The average Bonchev–Trinajstić information content (AvgIpc) is 2.36. The first-order chi connectivity index (χ1) is 9.98. The van der Waals surface area contributed by atoms with Gasteiger partial charge in [0.05, 0.1) is 13.2 Å². The minimum atomic E-state index is -1.96. The fourth-order valence-corrected chi connectivity index (χ4v) is 2.92. The molecule has 0 aromatic heterocycles. The van der Waals surface area contributed by atoms with Gasteiger partial charge in [0.15, 0.2) is 0 Å². The van der Waals surface area contributed by atoms with Gasteiger partial charge in [0.1, 0.15) is 11.5 Å². The van der Waals surface area contributed by atoms with E-state index in [1.54, 1.807) is 7.11 Å². The quantitative estimate of drug-likeness (QED) is 0.586. The molecule has 1 rings (SSSR count). The van der Waals surface area contributed by atoms with Crippen LogP contribution in [0.25, 0.3) is 0 Å². The van der Waals surface area contributed by atoms with Crippen molar-refractivity contribution in [2.75, 3.05) is 7.11 Å². The Morgan fingerprint density at radius 2 is 1.91 bits per heavy atom. The van der Waals surface area contributed by atoms with Gasteiger partial charge in [0, 0.05) is 5.56 Å². The van der Waals surface area contributed by atoms with Gasteiger partial charge in [-0.2, -0.15) is 0 Å². The third-order valence-corrected chi connectivity index (χ3v) is 8.63. The van der Waals surface area contributed by atoms with Gasteiger partial charge in [-0.15, -0.1) is 6.58 Å². The molecule has 0 saturated heterocycles. The molecule has 0 fully saturated rings. The van der Waals surface area contributed by atoms with Crippen molar-refractivity contribution in [2.45, 2.75) is 58.4 Å². The standard InChI is InChI=1S/C18H30O3Si/c1-13(2)11-16(19)15-12-14(20-6)9-10-17(15)21-22(7,8)18(3,4)5/h9-10,12,16,19H,1,11H2,2-8H3/t16-/m0/s1. The first-order valence-electron chi connectivity index (χ1n) is 7.67. The lowest BCUT2D eigenvalue weighted by Gasteiger charge is -2.37. The van der Waals surface area contributed by atoms with Crippen molar-refractivity contribution in [1.82, 2.24) is 0 Å². The normalized spacial score (nSPS) is 13.6. The molecular weight excluding hydrogens is 292 g/mol. The zero-order valence-corrected chi connectivity index (χ0v) is 16.0. The molecule has 0 aliphatic heterocycles. The number of methoxy groups -OCH3 is 1. The van der Waals surface area contributed by atoms with Crippen molar-refractivity contribution in [1.29, 1.82) is 0 Å². The molecule has 0 heterocycles. The van der Waals surface area contributed by atoms with Crippen LogP contribution in [0, 0.1) is 0 Å². The van der Waals surface area contributed by atoms with Crippen LogP contribution < -0.4 is 9.16 Å². The molecule has 0 bridgehead atoms. The largest absolute Gasteiger partial charge is 0.543 e. The summed E-state index contributed by atoms with van der Waals surface area (Å²) in [7, 11) is -0.341. The van der Waals surface area contributed by atoms with E-state index in [4.69, 9.17) is 9.16 Å². The number of hydrogen-bond acceptors (Lipinski definition) is 3. The van der Waals surface area contributed by atoms with Crippen molar-refractivity contribution in [2.24, 2.45) is 0 Å². The molecule has 1 aromatic rings. The molecule has 0 saturated carbocycles. The Labute approximate surface area is 136 Å². The highest BCUT2D eigenvalue weighted by atomic mass is 28.4. The second kappa shape index (κ2) is 6.88. The number of hydrogen-bond donors (Lipinski definition) is 1. The van der Waals surface area contributed by atoms with Crippen LogP contribution >= 0.6 is 0 Å². The minimum Gasteiger partial charge on any atom is -0.543 e. The third-order valence-electron chi connectivity index (χ3n) is 4.29. The van der Waals surface area contributed by atoms with Crippen LogP contribution in [0.4, 0.5) is 0 Å². The summed E-state index contributed by atoms with van der Waals surface area (Å²) in [5.74, 6) is 1.47. The van der Waals surface area contributed by atoms with E-state index in [9.17, 15) is 5.11 Å². The zero-order chi connectivity index (χ0) is 17.1. The average molecular weight is 323 g/mol. The number of ether oxygens (including phenoxy) is 1. The topological polar surface area (TPSA) is 38.7 Å². The van der Waals surface area contributed by atoms with Gasteiger partial charge in [-0.05, 0) is 49.7 Å². The summed E-state index contributed by atoms with van der Waals surface area (Å²) in [4.78, 5) is 0. The van der Waals surface area contributed by atoms with Crippen molar-refractivity contribution >= 4 is 8.32 Å². The Bertz CT molecular complexity index is 530. The lowest BCUT2D eigenvalue weighted by atomic mass is 10.0. The molecule has 0 unspecified atom stereocenters. The van der Waals surface area contributed by atoms with Crippen molar-refractivity contribution in [3.63, 3.8) is 0 Å². The molecule has 124 valence electrons. The number of benzene rings is 1. The van der Waals surface area contributed by atoms with E-state index in [2.05, 4.69) is 40.4 Å². The molecule has 4 heteroatoms. The highest BCUT2D eigenvalue weighted by Crippen LogP contribution is 2.40. The molecule has 0 aliphatic rings. The predicted molar refractivity (Wildman–Crippen MR) is 95.2 cm³/mol. The second-order valence-electron chi connectivity index (χ2n) is 7.44. The first-order valence-corrected chi connectivity index (χ1v) is 10.6. The van der Waals surface area contributed by atoms with Gasteiger partial charge < -0.3 is 14.3 Å². The summed E-state index contributed by atoms with van der Waals surface area (Å²) >= 11 is 0. The van der Waals surface area contributed by atoms with Crippen LogP contribution in [0.2, 0.25) is 18.1 Å². The predicted octanol–water partition coefficient (Wildman–Crippen LogP) is 5.08. The van der Waals surface area contributed by atoms with Gasteiger partial charge in [-0.1, -0.05) is 26.3 Å². The Hall–Kier alpha value is -1.26. The number of aliphatic hydroxyl groups is 1. The molecule has 1 atom stereocenters. The molecule has 3 nitrogen and oxygen atoms in total. The Morgan fingerprint density at radius 3 is 2.36 bits per heavy atom. The lowest BCUT2D eigenvalue weighted by molar-refractivity contribution is 0.175. The van der Waals surface area contributed by atoms with E-state index >= 15 is 0 Å². The fraction of sp³-hybridized carbons (Fsp3) is 0.556. The van der Waals surface area contributed by atoms with Crippen LogP contribution in [0.3, 0.4) is 0 Å². The zero-order valence-electron chi connectivity index (χ0n) is 15.0. The Balaban J connectivity index is 3.21. The van der Waals surface area contributed by atoms with E-state index < -0.39 is 14.4 Å². The van der Waals surface area contributed by atoms with Crippen LogP contribution in [-0.2, 0) is 0 Å². The smallest absolute Gasteiger partial charge is 0.250 e. The maximum absolute atomic E-state index is 10.5. The van der Waals surface area contributed by atoms with Gasteiger partial charge in [-0.25, -0.2) is 0 Å². The molecule has 22 heavy (non-hydrogen) atoms. The second-order valence-corrected chi connectivity index (χ2v) is 12.2. The summed E-state index contributed by atoms with van der Waals surface area (Å²) in [5, 5.41) is 10.6. The van der Waals surface area contributed by atoms with E-state index in [-0.39, 0.29) is 5.04 Å². The van der Waals surface area contributed by atoms with E-state index in [1.165, 1.54) is 0 Å². The summed E-state index contributed by atoms with van der Waals surface area (Å²) in [6, 6.07) is 5.63. The SMILES string of the molecule is C=C(C)C[C@H](O)c1cc(OC)ccc1O[Si](C)(C)C(C)(C)C. The molecule has 1 aromatic carbocycles. The molecule has 0 aliphatic carbocycles. The van der Waals surface area contributed by atoms with Crippen molar-refractivity contribution < 1.29 is 14.3 Å². The fourth-order valence-electron chi connectivity index (χ4n) is 1.87. The summed E-state index contributed by atoms with van der Waals surface area (Å²) in [6.07, 6.45) is -0.117. The van der Waals surface area contributed by atoms with Gasteiger partial charge >= 0.3 is 0 Å². The van der Waals surface area contributed by atoms with Crippen LogP contribution in [-0.4, -0.2) is 20.5 Å². The monoisotopic (exact) mass is 322 g/mol. The van der Waals surface area contributed by atoms with Crippen LogP contribution in [0.15, 0.2) is 30.4 Å². The number of aliphatic hydroxyl groups excluding tert-OH is 1. The first kappa shape index (κ1) is 18.8. The maximum Gasteiger partial charge on any atom is 0.250 e. The summed E-state index contributed by atoms with van der Waals surface area (Å²) in [6.45, 7) is 16.8. The van der Waals surface area contributed by atoms with Crippen LogP contribution in [0.1, 0.15) is 45.8 Å². The lowest BCUT2D eigenvalue weighted by Crippen LogP contribution is -2.44. The highest BCUT2D eigenvalue weighted by molar-refractivity contribution is 6.74. The Morgan fingerprint density at radius 1 is 1.32 bits per heavy atom. The van der Waals surface area contributed by atoms with Crippen molar-refractivity contribution in [3.05, 3.63) is 35.9 Å². The molecule has 0 amide bonds. The van der Waals surface area contributed by atoms with E-state index in [0.29, 0.717) is 6.42 Å². The summed E-state index contributed by atoms with van der Waals surface area (Å²) < 4.78 is 11.7. The van der Waals surface area contributed by atoms with E-state index in [1.807, 2.05) is 25.1 Å².